The molecule has 2 N–H and O–H groups in total. The Morgan fingerprint density at radius 2 is 2.00 bits per heavy atom. The van der Waals surface area contributed by atoms with Crippen LogP contribution in [0.15, 0.2) is 24.3 Å². The zero-order valence-electron chi connectivity index (χ0n) is 10.6. The van der Waals surface area contributed by atoms with Crippen LogP contribution in [0.3, 0.4) is 0 Å². The Kier molecular flexibility index (Phi) is 5.51. The molecule has 0 radical (unpaired) electrons. The summed E-state index contributed by atoms with van der Waals surface area (Å²) in [5, 5.41) is 19.9. The van der Waals surface area contributed by atoms with Crippen LogP contribution in [-0.4, -0.2) is 41.5 Å². The van der Waals surface area contributed by atoms with Gasteiger partial charge in [-0.2, -0.15) is 5.26 Å². The number of likely N-dealkylation sites (N-methyl/N-ethyl adjacent to an activating group) is 1. The van der Waals surface area contributed by atoms with E-state index in [0.29, 0.717) is 17.8 Å². The van der Waals surface area contributed by atoms with E-state index >= 15 is 0 Å². The number of nitrogens with zero attached hydrogens (tertiary/aromatic N) is 2. The third-order valence-electron chi connectivity index (χ3n) is 2.50. The molecule has 0 saturated heterocycles. The fourth-order valence-electron chi connectivity index (χ4n) is 1.48. The zero-order chi connectivity index (χ0) is 14.3. The van der Waals surface area contributed by atoms with Crippen molar-refractivity contribution in [3.8, 4) is 6.07 Å². The number of hydrogen-bond acceptors (Lipinski definition) is 4. The van der Waals surface area contributed by atoms with Crippen LogP contribution in [0.2, 0.25) is 0 Å². The summed E-state index contributed by atoms with van der Waals surface area (Å²) in [5.41, 5.74) is 0.914. The second-order valence-corrected chi connectivity index (χ2v) is 3.75. The fraction of sp³-hybridized carbons (Fsp3) is 0.308. The number of benzene rings is 1. The number of nitriles is 1. The smallest absolute Gasteiger partial charge is 0.313 e. The van der Waals surface area contributed by atoms with E-state index in [4.69, 9.17) is 10.4 Å². The van der Waals surface area contributed by atoms with E-state index in [-0.39, 0.29) is 13.2 Å². The van der Waals surface area contributed by atoms with E-state index in [0.717, 1.165) is 0 Å². The van der Waals surface area contributed by atoms with E-state index in [1.807, 2.05) is 6.07 Å². The molecule has 1 aromatic carbocycles. The molecule has 0 aliphatic rings. The maximum atomic E-state index is 11.7. The lowest BCUT2D eigenvalue weighted by Crippen LogP contribution is -2.41. The van der Waals surface area contributed by atoms with Crippen LogP contribution < -0.4 is 5.32 Å². The second-order valence-electron chi connectivity index (χ2n) is 3.75. The Hall–Kier alpha value is -2.39. The molecular weight excluding hydrogens is 246 g/mol. The van der Waals surface area contributed by atoms with Gasteiger partial charge in [0.25, 0.3) is 0 Å². The third kappa shape index (κ3) is 4.08. The summed E-state index contributed by atoms with van der Waals surface area (Å²) in [4.78, 5) is 24.7. The summed E-state index contributed by atoms with van der Waals surface area (Å²) in [6.07, 6.45) is 0. The van der Waals surface area contributed by atoms with Crippen LogP contribution >= 0.6 is 0 Å². The molecule has 0 heterocycles. The first kappa shape index (κ1) is 14.7. The number of amides is 2. The first-order valence-electron chi connectivity index (χ1n) is 5.83. The van der Waals surface area contributed by atoms with Gasteiger partial charge >= 0.3 is 11.8 Å². The number of aliphatic hydroxyl groups is 1. The Bertz CT molecular complexity index is 491. The molecule has 2 amide bonds. The SMILES string of the molecule is CCN(CCO)C(=O)C(=O)Nc1ccc(C#N)cc1. The van der Waals surface area contributed by atoms with Crippen molar-refractivity contribution in [2.45, 2.75) is 6.92 Å². The summed E-state index contributed by atoms with van der Waals surface area (Å²) >= 11 is 0. The molecule has 100 valence electrons. The number of carbonyl (C=O) groups is 2. The number of rotatable bonds is 4. The minimum absolute atomic E-state index is 0.121. The molecule has 0 unspecified atom stereocenters. The molecule has 0 aliphatic heterocycles. The Morgan fingerprint density at radius 1 is 1.37 bits per heavy atom. The van der Waals surface area contributed by atoms with Gasteiger partial charge in [-0.3, -0.25) is 9.59 Å². The zero-order valence-corrected chi connectivity index (χ0v) is 10.6. The molecule has 0 aliphatic carbocycles. The number of aliphatic hydroxyl groups excluding tert-OH is 1. The monoisotopic (exact) mass is 261 g/mol. The largest absolute Gasteiger partial charge is 0.395 e. The highest BCUT2D eigenvalue weighted by Crippen LogP contribution is 2.08. The molecule has 0 fully saturated rings. The van der Waals surface area contributed by atoms with Crippen molar-refractivity contribution in [2.75, 3.05) is 25.0 Å². The lowest BCUT2D eigenvalue weighted by Gasteiger charge is -2.18. The van der Waals surface area contributed by atoms with Crippen molar-refractivity contribution in [3.63, 3.8) is 0 Å². The van der Waals surface area contributed by atoms with Crippen LogP contribution in [0.25, 0.3) is 0 Å². The number of nitrogens with one attached hydrogen (secondary N) is 1. The van der Waals surface area contributed by atoms with Crippen molar-refractivity contribution < 1.29 is 14.7 Å². The summed E-state index contributed by atoms with van der Waals surface area (Å²) in [7, 11) is 0. The van der Waals surface area contributed by atoms with Gasteiger partial charge in [-0.25, -0.2) is 0 Å². The van der Waals surface area contributed by atoms with E-state index in [2.05, 4.69) is 5.32 Å². The molecule has 0 aromatic heterocycles. The Balaban J connectivity index is 2.67. The Labute approximate surface area is 111 Å². The maximum Gasteiger partial charge on any atom is 0.313 e. The molecule has 6 heteroatoms. The van der Waals surface area contributed by atoms with Crippen molar-refractivity contribution in [1.82, 2.24) is 4.90 Å². The maximum absolute atomic E-state index is 11.7. The Morgan fingerprint density at radius 3 is 2.47 bits per heavy atom. The van der Waals surface area contributed by atoms with Crippen molar-refractivity contribution in [2.24, 2.45) is 0 Å². The fourth-order valence-corrected chi connectivity index (χ4v) is 1.48. The lowest BCUT2D eigenvalue weighted by atomic mass is 10.2. The van der Waals surface area contributed by atoms with Gasteiger partial charge in [0.1, 0.15) is 0 Å². The average molecular weight is 261 g/mol. The molecule has 1 rings (SSSR count). The van der Waals surface area contributed by atoms with Gasteiger partial charge in [-0.05, 0) is 31.2 Å². The minimum Gasteiger partial charge on any atom is -0.395 e. The van der Waals surface area contributed by atoms with Crippen LogP contribution in [0, 0.1) is 11.3 Å². The van der Waals surface area contributed by atoms with Crippen LogP contribution in [-0.2, 0) is 9.59 Å². The molecule has 1 aromatic rings. The summed E-state index contributed by atoms with van der Waals surface area (Å²) in [6, 6.07) is 8.15. The van der Waals surface area contributed by atoms with Crippen molar-refractivity contribution in [1.29, 1.82) is 5.26 Å². The molecule has 0 spiro atoms. The molecule has 0 saturated carbocycles. The summed E-state index contributed by atoms with van der Waals surface area (Å²) < 4.78 is 0. The lowest BCUT2D eigenvalue weighted by molar-refractivity contribution is -0.143. The van der Waals surface area contributed by atoms with Crippen LogP contribution in [0.1, 0.15) is 12.5 Å². The van der Waals surface area contributed by atoms with Gasteiger partial charge in [-0.1, -0.05) is 0 Å². The topological polar surface area (TPSA) is 93.4 Å². The van der Waals surface area contributed by atoms with Crippen LogP contribution in [0.4, 0.5) is 5.69 Å². The molecule has 0 atom stereocenters. The van der Waals surface area contributed by atoms with Gasteiger partial charge in [0.05, 0.1) is 18.2 Å². The van der Waals surface area contributed by atoms with Gasteiger partial charge in [0, 0.05) is 18.8 Å². The molecular formula is C13H15N3O3. The normalized spacial score (nSPS) is 9.53. The number of hydrogen-bond donors (Lipinski definition) is 2. The first-order valence-corrected chi connectivity index (χ1v) is 5.83. The summed E-state index contributed by atoms with van der Waals surface area (Å²) in [5.74, 6) is -1.46. The quantitative estimate of drug-likeness (QED) is 0.764. The van der Waals surface area contributed by atoms with Crippen molar-refractivity contribution in [3.05, 3.63) is 29.8 Å². The highest BCUT2D eigenvalue weighted by atomic mass is 16.3. The van der Waals surface area contributed by atoms with E-state index in [1.165, 1.54) is 4.90 Å². The highest BCUT2D eigenvalue weighted by molar-refractivity contribution is 6.39. The first-order chi connectivity index (χ1) is 9.12. The van der Waals surface area contributed by atoms with Crippen molar-refractivity contribution >= 4 is 17.5 Å². The predicted octanol–water partition coefficient (Wildman–Crippen LogP) is 0.338. The third-order valence-corrected chi connectivity index (χ3v) is 2.50. The van der Waals surface area contributed by atoms with Crippen LogP contribution in [0.5, 0.6) is 0 Å². The second kappa shape index (κ2) is 7.13. The number of anilines is 1. The van der Waals surface area contributed by atoms with E-state index in [1.54, 1.807) is 31.2 Å². The predicted molar refractivity (Wildman–Crippen MR) is 69.1 cm³/mol. The van der Waals surface area contributed by atoms with E-state index < -0.39 is 11.8 Å². The number of carbonyl (C=O) groups excluding carboxylic acids is 2. The van der Waals surface area contributed by atoms with Gasteiger partial charge in [0.15, 0.2) is 0 Å². The molecule has 6 nitrogen and oxygen atoms in total. The molecule has 0 bridgehead atoms. The van der Waals surface area contributed by atoms with Gasteiger partial charge in [0.2, 0.25) is 0 Å². The molecule has 19 heavy (non-hydrogen) atoms. The summed E-state index contributed by atoms with van der Waals surface area (Å²) in [6.45, 7) is 2.00. The minimum atomic E-state index is -0.764. The average Bonchev–Trinajstić information content (AvgIpc) is 2.44. The standard InChI is InChI=1S/C13H15N3O3/c1-2-16(7-8-17)13(19)12(18)15-11-5-3-10(9-14)4-6-11/h3-6,17H,2,7-8H2,1H3,(H,15,18). The van der Waals surface area contributed by atoms with Gasteiger partial charge < -0.3 is 15.3 Å². The highest BCUT2D eigenvalue weighted by Gasteiger charge is 2.19. The van der Waals surface area contributed by atoms with E-state index in [9.17, 15) is 9.59 Å². The van der Waals surface area contributed by atoms with Gasteiger partial charge in [-0.15, -0.1) is 0 Å².